The highest BCUT2D eigenvalue weighted by Gasteiger charge is 2.47. The predicted octanol–water partition coefficient (Wildman–Crippen LogP) is 43.9. The third-order valence-corrected chi connectivity index (χ3v) is 23.6. The molecule has 8 aromatic carbocycles. The number of hydrogen-bond donors (Lipinski definition) is 0. The Morgan fingerprint density at radius 1 is 0.235 bits per heavy atom. The Kier molecular flexibility index (Phi) is 61.9. The molecule has 0 saturated carbocycles. The minimum Gasteiger partial charge on any atom is -0.171 e. The van der Waals surface area contributed by atoms with E-state index < -0.39 is 29.3 Å². The standard InChI is InChI=1S/C20H34.C15H21F3.3C15H24.2C14H22.C13H20.8CH4/c1-8-15(9-2)17-13-12-14-18(16(10-3)11-4)19(17)20(5,6)7;1-13(2,3)12-9-7-6-8-11(12)10-14(4,5)15(16,17)18;1-14(2,3)11-12-9-7-8-10-13(12)15(4,5)6;2*1-6-12(7-2)13-10-8-9-11-14(13)15(3,4)5;1-13(2,3)11-9-7-8-10-12(11)14(4,5)6;1-11(2)10-12-8-6-7-9-13(12)14(3,4)5;1-10(2)11-8-6-7-9-12(11)13(3,4)5;;;;;;;;/h12-16H,8-11H2,1-7H3;6-9H,10H2,1-5H3;7-10H,11H2,1-6H3;2*8-12H,6-7H2,1-5H3;7-10H,1-6H3;6-9,11H,10H2,1-5H3;6-10H,1-5H3;8*1H4/i15D,16D;;;12D;;;;;;;;;;;;. The van der Waals surface area contributed by atoms with Crippen molar-refractivity contribution in [3.8, 4) is 0 Å². The Labute approximate surface area is 830 Å². The van der Waals surface area contributed by atoms with Gasteiger partial charge in [-0.1, -0.05) is 552 Å². The van der Waals surface area contributed by atoms with E-state index in [1.165, 1.54) is 99.9 Å². The van der Waals surface area contributed by atoms with Crippen LogP contribution in [0.3, 0.4) is 0 Å². The summed E-state index contributed by atoms with van der Waals surface area (Å²) in [5.41, 5.74) is 22.8. The van der Waals surface area contributed by atoms with Crippen molar-refractivity contribution in [2.24, 2.45) is 16.7 Å². The minimum atomic E-state index is -4.18. The second-order valence-electron chi connectivity index (χ2n) is 46.7. The first-order chi connectivity index (χ1) is 57.7. The Hall–Kier alpha value is -6.45. The van der Waals surface area contributed by atoms with Gasteiger partial charge in [0.2, 0.25) is 0 Å². The molecule has 0 fully saturated rings. The van der Waals surface area contributed by atoms with Gasteiger partial charge in [-0.15, -0.1) is 0 Å². The fraction of sp³-hybridized carbons (Fsp3) is 0.628. The van der Waals surface area contributed by atoms with E-state index >= 15 is 0 Å². The van der Waals surface area contributed by atoms with E-state index in [0.717, 1.165) is 79.0 Å². The zero-order valence-corrected chi connectivity index (χ0v) is 88.5. The summed E-state index contributed by atoms with van der Waals surface area (Å²) in [4.78, 5) is 0. The molecule has 0 aliphatic heterocycles. The highest BCUT2D eigenvalue weighted by Crippen LogP contribution is 2.45. The predicted molar refractivity (Wildman–Crippen MR) is 606 cm³/mol. The van der Waals surface area contributed by atoms with Gasteiger partial charge in [0.1, 0.15) is 0 Å². The zero-order chi connectivity index (χ0) is 98.7. The van der Waals surface area contributed by atoms with E-state index in [0.29, 0.717) is 11.3 Å². The van der Waals surface area contributed by atoms with Gasteiger partial charge >= 0.3 is 6.18 Å². The Bertz CT molecular complexity index is 4390. The van der Waals surface area contributed by atoms with Gasteiger partial charge in [-0.05, 0) is 255 Å². The molecule has 0 unspecified atom stereocenters. The second-order valence-corrected chi connectivity index (χ2v) is 46.7. The molecule has 0 heterocycles. The van der Waals surface area contributed by atoms with Crippen molar-refractivity contribution < 1.29 is 17.3 Å². The smallest absolute Gasteiger partial charge is 0.171 e. The fourth-order valence-electron chi connectivity index (χ4n) is 16.9. The molecule has 8 rings (SSSR count). The van der Waals surface area contributed by atoms with Crippen LogP contribution in [0.1, 0.15) is 544 Å². The Balaban J connectivity index is -0.000000227. The molecule has 0 radical (unpaired) electrons. The molecule has 0 N–H and O–H groups in total. The van der Waals surface area contributed by atoms with Crippen LogP contribution in [0.15, 0.2) is 188 Å². The van der Waals surface area contributed by atoms with Crippen molar-refractivity contribution in [3.05, 3.63) is 283 Å². The number of halogens is 3. The first-order valence-corrected chi connectivity index (χ1v) is 48.0. The third kappa shape index (κ3) is 47.5. The highest BCUT2D eigenvalue weighted by atomic mass is 19.4. The summed E-state index contributed by atoms with van der Waals surface area (Å²) in [7, 11) is 0. The zero-order valence-electron chi connectivity index (χ0n) is 91.5. The topological polar surface area (TPSA) is 0 Å². The summed E-state index contributed by atoms with van der Waals surface area (Å²) >= 11 is 0. The second kappa shape index (κ2) is 61.0. The van der Waals surface area contributed by atoms with E-state index in [1.807, 2.05) is 32.9 Å². The molecule has 0 atom stereocenters. The van der Waals surface area contributed by atoms with Crippen molar-refractivity contribution >= 4 is 0 Å². The van der Waals surface area contributed by atoms with Crippen LogP contribution in [0.25, 0.3) is 0 Å². The van der Waals surface area contributed by atoms with Gasteiger partial charge in [-0.2, -0.15) is 13.2 Å². The largest absolute Gasteiger partial charge is 0.394 e. The van der Waals surface area contributed by atoms with Crippen molar-refractivity contribution in [1.82, 2.24) is 0 Å². The molecular weight excluding hydrogens is 1610 g/mol. The quantitative estimate of drug-likeness (QED) is 0.0803. The maximum Gasteiger partial charge on any atom is 0.394 e. The molecule has 0 nitrogen and oxygen atoms in total. The van der Waals surface area contributed by atoms with E-state index in [4.69, 9.17) is 4.11 Å². The summed E-state index contributed by atoms with van der Waals surface area (Å²) in [6.45, 7) is 96.1. The molecule has 0 aliphatic rings. The fourth-order valence-corrected chi connectivity index (χ4v) is 16.9. The number of alkyl halides is 3. The molecule has 0 amide bonds. The van der Waals surface area contributed by atoms with Crippen molar-refractivity contribution in [2.75, 3.05) is 0 Å². The molecule has 132 heavy (non-hydrogen) atoms. The number of benzene rings is 8. The van der Waals surface area contributed by atoms with Crippen LogP contribution in [0.2, 0.25) is 0 Å². The first kappa shape index (κ1) is 134. The average Bonchev–Trinajstić information content (AvgIpc) is 0.750. The lowest BCUT2D eigenvalue weighted by Crippen LogP contribution is -2.34. The van der Waals surface area contributed by atoms with Gasteiger partial charge in [0.05, 0.1) is 5.41 Å². The maximum atomic E-state index is 12.9. The summed E-state index contributed by atoms with van der Waals surface area (Å²) in [5.74, 6) is 0.542. The molecule has 0 spiro atoms. The summed E-state index contributed by atoms with van der Waals surface area (Å²) in [5, 5.41) is 0. The molecule has 760 valence electrons. The maximum absolute atomic E-state index is 12.9. The molecule has 0 aliphatic carbocycles. The summed E-state index contributed by atoms with van der Waals surface area (Å²) < 4.78 is 65.3. The monoisotopic (exact) mass is 1830 g/mol. The van der Waals surface area contributed by atoms with Gasteiger partial charge in [-0.25, -0.2) is 0 Å². The Morgan fingerprint density at radius 2 is 0.455 bits per heavy atom. The van der Waals surface area contributed by atoms with Crippen LogP contribution in [0.5, 0.6) is 0 Å². The van der Waals surface area contributed by atoms with Crippen LogP contribution in [-0.2, 0) is 68.0 Å². The van der Waals surface area contributed by atoms with Crippen LogP contribution in [-0.4, -0.2) is 6.18 Å². The van der Waals surface area contributed by atoms with Gasteiger partial charge in [0.25, 0.3) is 0 Å². The SMILES string of the molecule is C.C.C.C.C.C.C.C.CC(C)(C)Cc1ccccc1C(C)(C)C.CC(C)(C)c1ccccc1C(C)(C)C.CC(C)(C)c1ccccc1CC(C)(C)C(F)(F)F.CC(C)Cc1ccccc1C(C)(C)C.CC(C)c1ccccc1C(C)(C)C.CCC(CC)c1ccccc1C(C)(C)C.[2H]C(CC)(CC)c1cccc(C([2H])(CC)CC)c1C(C)(C)C.[2H]C(CC)(CC)c1ccccc1C(C)(C)C. The van der Waals surface area contributed by atoms with Crippen LogP contribution in [0, 0.1) is 16.7 Å². The van der Waals surface area contributed by atoms with Crippen molar-refractivity contribution in [1.29, 1.82) is 0 Å². The number of rotatable bonds is 18. The van der Waals surface area contributed by atoms with Crippen LogP contribution < -0.4 is 0 Å². The molecule has 0 saturated heterocycles. The van der Waals surface area contributed by atoms with E-state index in [9.17, 15) is 13.2 Å². The average molecular weight is 1830 g/mol. The minimum absolute atomic E-state index is 0. The highest BCUT2D eigenvalue weighted by molar-refractivity contribution is 5.45. The molecular formula is C129H223F3. The lowest BCUT2D eigenvalue weighted by atomic mass is 9.73. The van der Waals surface area contributed by atoms with Crippen LogP contribution in [0.4, 0.5) is 13.2 Å². The van der Waals surface area contributed by atoms with Gasteiger partial charge < -0.3 is 0 Å². The van der Waals surface area contributed by atoms with E-state index in [2.05, 4.69) is 434 Å². The molecule has 0 bridgehead atoms. The van der Waals surface area contributed by atoms with Gasteiger partial charge in [0, 0.05) is 4.11 Å². The van der Waals surface area contributed by atoms with Crippen LogP contribution >= 0.6 is 0 Å². The van der Waals surface area contributed by atoms with Gasteiger partial charge in [-0.3, -0.25) is 0 Å². The first-order valence-electron chi connectivity index (χ1n) is 49.5. The van der Waals surface area contributed by atoms with Gasteiger partial charge in [0.15, 0.2) is 0 Å². The molecule has 0 aromatic heterocycles. The van der Waals surface area contributed by atoms with E-state index in [1.54, 1.807) is 17.7 Å². The third-order valence-electron chi connectivity index (χ3n) is 23.6. The normalized spacial score (nSPS) is 12.4. The summed E-state index contributed by atoms with van der Waals surface area (Å²) in [6.07, 6.45) is 5.62. The van der Waals surface area contributed by atoms with E-state index in [-0.39, 0.29) is 115 Å². The Morgan fingerprint density at radius 3 is 0.705 bits per heavy atom. The number of hydrogen-bond acceptors (Lipinski definition) is 0. The molecule has 3 heteroatoms. The lowest BCUT2D eigenvalue weighted by molar-refractivity contribution is -0.211. The van der Waals surface area contributed by atoms with Crippen molar-refractivity contribution in [2.45, 2.75) is 519 Å². The summed E-state index contributed by atoms with van der Waals surface area (Å²) in [6, 6.07) is 66.2. The van der Waals surface area contributed by atoms with Crippen molar-refractivity contribution in [3.63, 3.8) is 0 Å². The lowest BCUT2D eigenvalue weighted by Gasteiger charge is -2.32. The molecule has 8 aromatic rings.